The van der Waals surface area contributed by atoms with Gasteiger partial charge in [-0.2, -0.15) is 0 Å². The first-order chi connectivity index (χ1) is 11.9. The highest BCUT2D eigenvalue weighted by molar-refractivity contribution is 6.30. The van der Waals surface area contributed by atoms with Crippen LogP contribution < -0.4 is 5.32 Å². The number of quaternary nitrogens is 1. The molecule has 1 aromatic rings. The van der Waals surface area contributed by atoms with E-state index in [-0.39, 0.29) is 17.9 Å². The van der Waals surface area contributed by atoms with Crippen LogP contribution in [0.25, 0.3) is 0 Å². The molecule has 1 fully saturated rings. The second kappa shape index (κ2) is 9.20. The molecule has 0 spiro atoms. The van der Waals surface area contributed by atoms with E-state index in [1.165, 1.54) is 0 Å². The molecule has 0 radical (unpaired) electrons. The van der Waals surface area contributed by atoms with Crippen LogP contribution in [0.4, 0.5) is 0 Å². The molecule has 25 heavy (non-hydrogen) atoms. The van der Waals surface area contributed by atoms with Crippen LogP contribution >= 0.6 is 11.6 Å². The SMILES string of the molecule is CC(C)C[NH2+]CCC(=O)N1CCN(C(=O)c2ccc(Cl)cc2)[C@@H](C)C1. The summed E-state index contributed by atoms with van der Waals surface area (Å²) in [4.78, 5) is 28.7. The zero-order valence-electron chi connectivity index (χ0n) is 15.4. The summed E-state index contributed by atoms with van der Waals surface area (Å²) in [6, 6.07) is 6.97. The van der Waals surface area contributed by atoms with E-state index in [0.717, 1.165) is 13.1 Å². The average Bonchev–Trinajstić information content (AvgIpc) is 2.58. The summed E-state index contributed by atoms with van der Waals surface area (Å²) >= 11 is 5.88. The molecule has 1 heterocycles. The maximum absolute atomic E-state index is 12.6. The van der Waals surface area contributed by atoms with E-state index >= 15 is 0 Å². The molecule has 2 amide bonds. The largest absolute Gasteiger partial charge is 0.346 e. The fraction of sp³-hybridized carbons (Fsp3) is 0.579. The highest BCUT2D eigenvalue weighted by atomic mass is 35.5. The fourth-order valence-corrected chi connectivity index (χ4v) is 3.20. The summed E-state index contributed by atoms with van der Waals surface area (Å²) in [5, 5.41) is 2.82. The minimum atomic E-state index is 0.00142. The number of carbonyl (C=O) groups excluding carboxylic acids is 2. The molecule has 1 aliphatic heterocycles. The lowest BCUT2D eigenvalue weighted by atomic mass is 10.1. The number of hydrogen-bond acceptors (Lipinski definition) is 2. The average molecular weight is 367 g/mol. The maximum atomic E-state index is 12.6. The summed E-state index contributed by atoms with van der Waals surface area (Å²) in [6.07, 6.45) is 0.560. The van der Waals surface area contributed by atoms with Gasteiger partial charge in [0, 0.05) is 42.2 Å². The summed E-state index contributed by atoms with van der Waals surface area (Å²) in [5.41, 5.74) is 0.638. The molecular formula is C19H29ClN3O2+. The molecule has 1 aliphatic rings. The Balaban J connectivity index is 1.84. The van der Waals surface area contributed by atoms with Crippen LogP contribution in [0.15, 0.2) is 24.3 Å². The van der Waals surface area contributed by atoms with Crippen LogP contribution in [0, 0.1) is 5.92 Å². The molecule has 2 rings (SSSR count). The first-order valence-corrected chi connectivity index (χ1v) is 9.42. The zero-order chi connectivity index (χ0) is 18.4. The molecule has 2 N–H and O–H groups in total. The van der Waals surface area contributed by atoms with E-state index < -0.39 is 0 Å². The number of nitrogens with two attached hydrogens (primary N) is 1. The predicted molar refractivity (Wildman–Crippen MR) is 99.6 cm³/mol. The van der Waals surface area contributed by atoms with Gasteiger partial charge >= 0.3 is 0 Å². The van der Waals surface area contributed by atoms with Gasteiger partial charge in [-0.3, -0.25) is 9.59 Å². The minimum absolute atomic E-state index is 0.00142. The van der Waals surface area contributed by atoms with E-state index in [1.54, 1.807) is 24.3 Å². The fourth-order valence-electron chi connectivity index (χ4n) is 3.08. The van der Waals surface area contributed by atoms with Gasteiger partial charge in [0.1, 0.15) is 0 Å². The Morgan fingerprint density at radius 3 is 2.52 bits per heavy atom. The molecule has 0 saturated carbocycles. The Hall–Kier alpha value is -1.59. The van der Waals surface area contributed by atoms with E-state index in [0.29, 0.717) is 42.6 Å². The first kappa shape index (κ1) is 19.7. The highest BCUT2D eigenvalue weighted by Gasteiger charge is 2.30. The smallest absolute Gasteiger partial charge is 0.254 e. The summed E-state index contributed by atoms with van der Waals surface area (Å²) in [7, 11) is 0. The lowest BCUT2D eigenvalue weighted by Crippen LogP contribution is -2.85. The normalized spacial score (nSPS) is 17.9. The Labute approximate surface area is 155 Å². The van der Waals surface area contributed by atoms with Crippen LogP contribution in [-0.4, -0.2) is 60.4 Å². The number of halogens is 1. The monoisotopic (exact) mass is 366 g/mol. The summed E-state index contributed by atoms with van der Waals surface area (Å²) < 4.78 is 0. The lowest BCUT2D eigenvalue weighted by Gasteiger charge is -2.40. The van der Waals surface area contributed by atoms with Crippen LogP contribution in [0.1, 0.15) is 37.6 Å². The van der Waals surface area contributed by atoms with Gasteiger partial charge in [-0.05, 0) is 31.2 Å². The van der Waals surface area contributed by atoms with Gasteiger partial charge in [0.05, 0.1) is 19.5 Å². The van der Waals surface area contributed by atoms with E-state index in [2.05, 4.69) is 19.2 Å². The highest BCUT2D eigenvalue weighted by Crippen LogP contribution is 2.16. The lowest BCUT2D eigenvalue weighted by molar-refractivity contribution is -0.658. The second-order valence-corrected chi connectivity index (χ2v) is 7.59. The van der Waals surface area contributed by atoms with Crippen LogP contribution in [-0.2, 0) is 4.79 Å². The molecule has 1 saturated heterocycles. The maximum Gasteiger partial charge on any atom is 0.254 e. The summed E-state index contributed by atoms with van der Waals surface area (Å²) in [5.74, 6) is 0.824. The quantitative estimate of drug-likeness (QED) is 0.778. The van der Waals surface area contributed by atoms with Gasteiger partial charge in [0.15, 0.2) is 0 Å². The molecule has 1 aromatic carbocycles. The number of benzene rings is 1. The third-order valence-electron chi connectivity index (χ3n) is 4.53. The molecule has 1 atom stereocenters. The third kappa shape index (κ3) is 5.72. The van der Waals surface area contributed by atoms with Crippen molar-refractivity contribution in [2.75, 3.05) is 32.7 Å². The molecule has 0 aliphatic carbocycles. The molecule has 0 unspecified atom stereocenters. The number of hydrogen-bond donors (Lipinski definition) is 1. The molecule has 0 bridgehead atoms. The third-order valence-corrected chi connectivity index (χ3v) is 4.78. The molecule has 6 heteroatoms. The van der Waals surface area contributed by atoms with Crippen molar-refractivity contribution in [1.82, 2.24) is 9.80 Å². The Bertz CT molecular complexity index is 589. The van der Waals surface area contributed by atoms with Crippen LogP contribution in [0.3, 0.4) is 0 Å². The van der Waals surface area contributed by atoms with Gasteiger partial charge in [-0.15, -0.1) is 0 Å². The predicted octanol–water partition coefficient (Wildman–Crippen LogP) is 1.62. The van der Waals surface area contributed by atoms with Crippen molar-refractivity contribution in [3.05, 3.63) is 34.9 Å². The number of amides is 2. The van der Waals surface area contributed by atoms with Crippen molar-refractivity contribution in [2.24, 2.45) is 5.92 Å². The number of rotatable bonds is 6. The van der Waals surface area contributed by atoms with Crippen molar-refractivity contribution in [3.63, 3.8) is 0 Å². The second-order valence-electron chi connectivity index (χ2n) is 7.15. The van der Waals surface area contributed by atoms with E-state index in [4.69, 9.17) is 11.6 Å². The Kier molecular flexibility index (Phi) is 7.26. The standard InChI is InChI=1S/C19H28ClN3O2/c1-14(2)12-21-9-8-18(24)22-10-11-23(15(3)13-22)19(25)16-4-6-17(20)7-5-16/h4-7,14-15,21H,8-13H2,1-3H3/p+1/t15-/m0/s1. The van der Waals surface area contributed by atoms with Gasteiger partial charge < -0.3 is 15.1 Å². The number of carbonyl (C=O) groups is 2. The van der Waals surface area contributed by atoms with E-state index in [1.807, 2.05) is 16.7 Å². The van der Waals surface area contributed by atoms with Crippen LogP contribution in [0.5, 0.6) is 0 Å². The van der Waals surface area contributed by atoms with Crippen molar-refractivity contribution in [2.45, 2.75) is 33.2 Å². The number of nitrogens with zero attached hydrogens (tertiary/aromatic N) is 2. The Morgan fingerprint density at radius 1 is 1.24 bits per heavy atom. The molecule has 5 nitrogen and oxygen atoms in total. The van der Waals surface area contributed by atoms with Gasteiger partial charge in [0.2, 0.25) is 5.91 Å². The van der Waals surface area contributed by atoms with E-state index in [9.17, 15) is 9.59 Å². The molecular weight excluding hydrogens is 338 g/mol. The topological polar surface area (TPSA) is 57.2 Å². The van der Waals surface area contributed by atoms with Crippen molar-refractivity contribution >= 4 is 23.4 Å². The minimum Gasteiger partial charge on any atom is -0.346 e. The van der Waals surface area contributed by atoms with Crippen molar-refractivity contribution in [3.8, 4) is 0 Å². The first-order valence-electron chi connectivity index (χ1n) is 9.04. The summed E-state index contributed by atoms with van der Waals surface area (Å²) in [6.45, 7) is 10.0. The molecule has 138 valence electrons. The number of piperazine rings is 1. The van der Waals surface area contributed by atoms with Crippen molar-refractivity contribution in [1.29, 1.82) is 0 Å². The van der Waals surface area contributed by atoms with Crippen LogP contribution in [0.2, 0.25) is 5.02 Å². The van der Waals surface area contributed by atoms with Gasteiger partial charge in [-0.25, -0.2) is 0 Å². The van der Waals surface area contributed by atoms with Gasteiger partial charge in [0.25, 0.3) is 5.91 Å². The zero-order valence-corrected chi connectivity index (χ0v) is 16.1. The molecule has 0 aromatic heterocycles. The van der Waals surface area contributed by atoms with Crippen molar-refractivity contribution < 1.29 is 14.9 Å². The van der Waals surface area contributed by atoms with Gasteiger partial charge in [-0.1, -0.05) is 25.4 Å². The Morgan fingerprint density at radius 2 is 1.92 bits per heavy atom.